The van der Waals surface area contributed by atoms with Crippen molar-refractivity contribution in [1.29, 1.82) is 0 Å². The van der Waals surface area contributed by atoms with E-state index in [1.807, 2.05) is 27.7 Å². The minimum absolute atomic E-state index is 0.212. The molecule has 0 saturated heterocycles. The summed E-state index contributed by atoms with van der Waals surface area (Å²) in [5.41, 5.74) is 6.48. The van der Waals surface area contributed by atoms with E-state index in [1.54, 1.807) is 6.07 Å². The standard InChI is InChI=1S/C14H22ClN3O2.2C2H6/c1-4-18(5-2)7-6-17-14(19)10-8-11(15)12(16)9-13(10)20-3;2*1-2/h8-9H,4-7,16H2,1-3H3,(H,17,19);2*1-2H3. The number of ether oxygens (including phenoxy) is 1. The molecule has 0 aliphatic rings. The monoisotopic (exact) mass is 359 g/mol. The van der Waals surface area contributed by atoms with Crippen molar-refractivity contribution in [3.05, 3.63) is 22.7 Å². The summed E-state index contributed by atoms with van der Waals surface area (Å²) in [4.78, 5) is 14.4. The molecule has 0 aromatic heterocycles. The molecule has 1 aromatic rings. The molecule has 0 atom stereocenters. The Morgan fingerprint density at radius 2 is 1.75 bits per heavy atom. The van der Waals surface area contributed by atoms with Crippen molar-refractivity contribution in [2.75, 3.05) is 39.0 Å². The second-order valence-electron chi connectivity index (χ2n) is 4.36. The van der Waals surface area contributed by atoms with Crippen molar-refractivity contribution in [2.24, 2.45) is 0 Å². The van der Waals surface area contributed by atoms with Crippen LogP contribution in [0, 0.1) is 0 Å². The van der Waals surface area contributed by atoms with E-state index in [0.717, 1.165) is 19.6 Å². The highest BCUT2D eigenvalue weighted by molar-refractivity contribution is 6.33. The van der Waals surface area contributed by atoms with Gasteiger partial charge in [-0.25, -0.2) is 0 Å². The lowest BCUT2D eigenvalue weighted by atomic mass is 10.1. The van der Waals surface area contributed by atoms with Crippen molar-refractivity contribution in [3.8, 4) is 5.75 Å². The number of carbonyl (C=O) groups is 1. The van der Waals surface area contributed by atoms with E-state index in [0.29, 0.717) is 28.6 Å². The fourth-order valence-electron chi connectivity index (χ4n) is 1.88. The van der Waals surface area contributed by atoms with Gasteiger partial charge in [-0.1, -0.05) is 53.1 Å². The van der Waals surface area contributed by atoms with Crippen LogP contribution in [0.25, 0.3) is 0 Å². The molecule has 140 valence electrons. The zero-order chi connectivity index (χ0) is 19.1. The summed E-state index contributed by atoms with van der Waals surface area (Å²) < 4.78 is 5.16. The number of halogens is 1. The summed E-state index contributed by atoms with van der Waals surface area (Å²) in [5.74, 6) is 0.211. The van der Waals surface area contributed by atoms with E-state index in [1.165, 1.54) is 13.2 Å². The van der Waals surface area contributed by atoms with E-state index < -0.39 is 0 Å². The highest BCUT2D eigenvalue weighted by Crippen LogP contribution is 2.28. The Kier molecular flexibility index (Phi) is 15.6. The molecular formula is C18H34ClN3O2. The third-order valence-corrected chi connectivity index (χ3v) is 3.50. The maximum absolute atomic E-state index is 12.1. The predicted molar refractivity (Wildman–Crippen MR) is 105 cm³/mol. The van der Waals surface area contributed by atoms with Gasteiger partial charge >= 0.3 is 0 Å². The second kappa shape index (κ2) is 15.1. The Bertz CT molecular complexity index is 464. The first-order chi connectivity index (χ1) is 11.5. The topological polar surface area (TPSA) is 67.6 Å². The van der Waals surface area contributed by atoms with E-state index in [9.17, 15) is 4.79 Å². The maximum Gasteiger partial charge on any atom is 0.255 e. The Morgan fingerprint density at radius 3 is 2.21 bits per heavy atom. The highest BCUT2D eigenvalue weighted by Gasteiger charge is 2.14. The summed E-state index contributed by atoms with van der Waals surface area (Å²) in [5, 5.41) is 3.21. The molecule has 0 aliphatic carbocycles. The summed E-state index contributed by atoms with van der Waals surface area (Å²) >= 11 is 5.95. The van der Waals surface area contributed by atoms with E-state index in [2.05, 4.69) is 24.1 Å². The number of likely N-dealkylation sites (N-methyl/N-ethyl adjacent to an activating group) is 1. The minimum Gasteiger partial charge on any atom is -0.496 e. The molecule has 0 heterocycles. The number of nitrogens with two attached hydrogens (primary N) is 1. The Balaban J connectivity index is 0. The third-order valence-electron chi connectivity index (χ3n) is 3.17. The average Bonchev–Trinajstić information content (AvgIpc) is 2.63. The molecular weight excluding hydrogens is 326 g/mol. The smallest absolute Gasteiger partial charge is 0.255 e. The number of nitrogens with zero attached hydrogens (tertiary/aromatic N) is 1. The van der Waals surface area contributed by atoms with Crippen LogP contribution in [0.5, 0.6) is 5.75 Å². The van der Waals surface area contributed by atoms with Gasteiger partial charge in [0.1, 0.15) is 5.75 Å². The predicted octanol–water partition coefficient (Wildman–Crippen LogP) is 4.05. The Hall–Kier alpha value is -1.46. The van der Waals surface area contributed by atoms with Crippen molar-refractivity contribution in [3.63, 3.8) is 0 Å². The normalized spacial score (nSPS) is 9.38. The zero-order valence-corrected chi connectivity index (χ0v) is 17.0. The molecule has 3 N–H and O–H groups in total. The lowest BCUT2D eigenvalue weighted by Gasteiger charge is -2.18. The molecule has 1 rings (SSSR count). The fourth-order valence-corrected chi connectivity index (χ4v) is 2.04. The van der Waals surface area contributed by atoms with Crippen molar-refractivity contribution < 1.29 is 9.53 Å². The number of hydrogen-bond donors (Lipinski definition) is 2. The third kappa shape index (κ3) is 8.41. The number of methoxy groups -OCH3 is 1. The van der Waals surface area contributed by atoms with Gasteiger partial charge in [-0.2, -0.15) is 0 Å². The van der Waals surface area contributed by atoms with E-state index >= 15 is 0 Å². The van der Waals surface area contributed by atoms with Gasteiger partial charge in [0.25, 0.3) is 5.91 Å². The van der Waals surface area contributed by atoms with Crippen LogP contribution in [0.2, 0.25) is 5.02 Å². The van der Waals surface area contributed by atoms with Crippen LogP contribution in [-0.4, -0.2) is 44.1 Å². The molecule has 0 unspecified atom stereocenters. The van der Waals surface area contributed by atoms with Crippen LogP contribution < -0.4 is 15.8 Å². The first-order valence-electron chi connectivity index (χ1n) is 8.67. The van der Waals surface area contributed by atoms with Gasteiger partial charge in [0, 0.05) is 19.2 Å². The van der Waals surface area contributed by atoms with Gasteiger partial charge in [0.15, 0.2) is 0 Å². The maximum atomic E-state index is 12.1. The number of nitrogens with one attached hydrogen (secondary N) is 1. The van der Waals surface area contributed by atoms with Crippen LogP contribution in [0.15, 0.2) is 12.1 Å². The number of carbonyl (C=O) groups excluding carboxylic acids is 1. The number of amides is 1. The molecule has 0 saturated carbocycles. The van der Waals surface area contributed by atoms with Gasteiger partial charge < -0.3 is 20.7 Å². The van der Waals surface area contributed by atoms with Crippen LogP contribution in [-0.2, 0) is 0 Å². The first kappa shape index (κ1) is 24.8. The average molecular weight is 360 g/mol. The van der Waals surface area contributed by atoms with Gasteiger partial charge in [-0.3, -0.25) is 4.79 Å². The Labute approximate surface area is 152 Å². The molecule has 0 radical (unpaired) electrons. The second-order valence-corrected chi connectivity index (χ2v) is 4.76. The van der Waals surface area contributed by atoms with Gasteiger partial charge in [0.05, 0.1) is 23.4 Å². The molecule has 0 bridgehead atoms. The summed E-state index contributed by atoms with van der Waals surface area (Å²) in [6.07, 6.45) is 0. The van der Waals surface area contributed by atoms with Crippen molar-refractivity contribution >= 4 is 23.2 Å². The number of hydrogen-bond acceptors (Lipinski definition) is 4. The van der Waals surface area contributed by atoms with E-state index in [4.69, 9.17) is 22.1 Å². The summed E-state index contributed by atoms with van der Waals surface area (Å²) in [6, 6.07) is 3.09. The minimum atomic E-state index is -0.212. The number of anilines is 1. The molecule has 0 spiro atoms. The molecule has 1 amide bonds. The van der Waals surface area contributed by atoms with Crippen LogP contribution >= 0.6 is 11.6 Å². The number of nitrogen functional groups attached to an aromatic ring is 1. The molecule has 24 heavy (non-hydrogen) atoms. The van der Waals surface area contributed by atoms with Gasteiger partial charge in [-0.15, -0.1) is 0 Å². The van der Waals surface area contributed by atoms with Crippen molar-refractivity contribution in [2.45, 2.75) is 41.5 Å². The molecule has 0 aliphatic heterocycles. The van der Waals surface area contributed by atoms with E-state index in [-0.39, 0.29) is 5.91 Å². The number of rotatable bonds is 7. The number of benzene rings is 1. The summed E-state index contributed by atoms with van der Waals surface area (Å²) in [7, 11) is 1.50. The van der Waals surface area contributed by atoms with Gasteiger partial charge in [-0.05, 0) is 19.2 Å². The quantitative estimate of drug-likeness (QED) is 0.720. The lowest BCUT2D eigenvalue weighted by Crippen LogP contribution is -2.34. The zero-order valence-electron chi connectivity index (χ0n) is 16.2. The SMILES string of the molecule is CC.CC.CCN(CC)CCNC(=O)c1cc(Cl)c(N)cc1OC. The molecule has 6 heteroatoms. The highest BCUT2D eigenvalue weighted by atomic mass is 35.5. The van der Waals surface area contributed by atoms with Crippen LogP contribution in [0.3, 0.4) is 0 Å². The largest absolute Gasteiger partial charge is 0.496 e. The molecule has 1 aromatic carbocycles. The first-order valence-corrected chi connectivity index (χ1v) is 9.04. The van der Waals surface area contributed by atoms with Crippen molar-refractivity contribution in [1.82, 2.24) is 10.2 Å². The van der Waals surface area contributed by atoms with Crippen LogP contribution in [0.4, 0.5) is 5.69 Å². The lowest BCUT2D eigenvalue weighted by molar-refractivity contribution is 0.0946. The summed E-state index contributed by atoms with van der Waals surface area (Å²) in [6.45, 7) is 15.5. The Morgan fingerprint density at radius 1 is 1.21 bits per heavy atom. The molecule has 5 nitrogen and oxygen atoms in total. The van der Waals surface area contributed by atoms with Crippen LogP contribution in [0.1, 0.15) is 51.9 Å². The van der Waals surface area contributed by atoms with Gasteiger partial charge in [0.2, 0.25) is 0 Å². The fraction of sp³-hybridized carbons (Fsp3) is 0.611. The molecule has 0 fully saturated rings.